The first-order valence-corrected chi connectivity index (χ1v) is 5.62. The molecule has 0 aliphatic heterocycles. The molecule has 0 aromatic heterocycles. The smallest absolute Gasteiger partial charge is 0.273 e. The van der Waals surface area contributed by atoms with Gasteiger partial charge in [-0.2, -0.15) is 0 Å². The molecule has 0 bridgehead atoms. The van der Waals surface area contributed by atoms with Crippen LogP contribution in [0.4, 0.5) is 5.69 Å². The van der Waals surface area contributed by atoms with Gasteiger partial charge in [0.25, 0.3) is 11.6 Å². The SMILES string of the molecule is Cc1c(C(=O)N(C=O)C(C)C(N)=O)cccc1[N+](=O)[O-]. The average Bonchev–Trinajstić information content (AvgIpc) is 2.38. The fraction of sp³-hybridized carbons (Fsp3) is 0.250. The lowest BCUT2D eigenvalue weighted by Crippen LogP contribution is -2.45. The summed E-state index contributed by atoms with van der Waals surface area (Å²) in [6.45, 7) is 2.69. The molecule has 1 aromatic rings. The molecule has 0 aliphatic carbocycles. The number of imide groups is 1. The Morgan fingerprint density at radius 1 is 1.45 bits per heavy atom. The minimum Gasteiger partial charge on any atom is -0.368 e. The highest BCUT2D eigenvalue weighted by molar-refractivity contribution is 6.04. The molecule has 1 unspecified atom stereocenters. The van der Waals surface area contributed by atoms with E-state index >= 15 is 0 Å². The summed E-state index contributed by atoms with van der Waals surface area (Å²) in [5, 5.41) is 10.8. The Balaban J connectivity index is 3.27. The number of primary amides is 1. The molecule has 0 spiro atoms. The van der Waals surface area contributed by atoms with Crippen molar-refractivity contribution in [3.8, 4) is 0 Å². The number of nitro benzene ring substituents is 1. The zero-order valence-electron chi connectivity index (χ0n) is 10.9. The Kier molecular flexibility index (Phi) is 4.52. The van der Waals surface area contributed by atoms with Crippen LogP contribution in [0.2, 0.25) is 0 Å². The van der Waals surface area contributed by atoms with Crippen LogP contribution in [0.3, 0.4) is 0 Å². The van der Waals surface area contributed by atoms with Gasteiger partial charge in [-0.1, -0.05) is 6.07 Å². The summed E-state index contributed by atoms with van der Waals surface area (Å²) < 4.78 is 0. The summed E-state index contributed by atoms with van der Waals surface area (Å²) in [7, 11) is 0. The molecule has 1 atom stereocenters. The van der Waals surface area contributed by atoms with Crippen molar-refractivity contribution in [2.45, 2.75) is 19.9 Å². The maximum absolute atomic E-state index is 12.2. The Morgan fingerprint density at radius 2 is 2.05 bits per heavy atom. The molecule has 1 rings (SSSR count). The number of hydrogen-bond donors (Lipinski definition) is 1. The minimum atomic E-state index is -1.14. The van der Waals surface area contributed by atoms with Gasteiger partial charge in [-0.15, -0.1) is 0 Å². The van der Waals surface area contributed by atoms with Crippen molar-refractivity contribution in [1.82, 2.24) is 4.90 Å². The summed E-state index contributed by atoms with van der Waals surface area (Å²) in [4.78, 5) is 45.0. The third kappa shape index (κ3) is 2.79. The van der Waals surface area contributed by atoms with Gasteiger partial charge < -0.3 is 5.73 Å². The average molecular weight is 279 g/mol. The number of carbonyl (C=O) groups is 3. The summed E-state index contributed by atoms with van der Waals surface area (Å²) in [6, 6.07) is 2.78. The summed E-state index contributed by atoms with van der Waals surface area (Å²) >= 11 is 0. The van der Waals surface area contributed by atoms with E-state index in [9.17, 15) is 24.5 Å². The number of nitro groups is 1. The first-order chi connectivity index (χ1) is 9.31. The lowest BCUT2D eigenvalue weighted by Gasteiger charge is -2.21. The van der Waals surface area contributed by atoms with E-state index in [0.29, 0.717) is 4.90 Å². The molecule has 20 heavy (non-hydrogen) atoms. The Morgan fingerprint density at radius 3 is 2.50 bits per heavy atom. The predicted octanol–water partition coefficient (Wildman–Crippen LogP) is 0.376. The van der Waals surface area contributed by atoms with E-state index in [4.69, 9.17) is 5.73 Å². The maximum atomic E-state index is 12.2. The third-order valence-corrected chi connectivity index (χ3v) is 2.91. The second-order valence-electron chi connectivity index (χ2n) is 4.10. The fourth-order valence-electron chi connectivity index (χ4n) is 1.64. The first-order valence-electron chi connectivity index (χ1n) is 5.62. The van der Waals surface area contributed by atoms with Gasteiger partial charge in [0.1, 0.15) is 6.04 Å². The maximum Gasteiger partial charge on any atom is 0.273 e. The van der Waals surface area contributed by atoms with Gasteiger partial charge in [0.2, 0.25) is 12.3 Å². The van der Waals surface area contributed by atoms with Crippen molar-refractivity contribution >= 4 is 23.9 Å². The van der Waals surface area contributed by atoms with Crippen LogP contribution < -0.4 is 5.73 Å². The highest BCUT2D eigenvalue weighted by Crippen LogP contribution is 2.22. The molecule has 0 saturated heterocycles. The predicted molar refractivity (Wildman–Crippen MR) is 68.7 cm³/mol. The molecule has 8 nitrogen and oxygen atoms in total. The Hall–Kier alpha value is -2.77. The van der Waals surface area contributed by atoms with Crippen LogP contribution in [-0.4, -0.2) is 34.1 Å². The van der Waals surface area contributed by atoms with Crippen molar-refractivity contribution in [2.24, 2.45) is 5.73 Å². The van der Waals surface area contributed by atoms with E-state index in [-0.39, 0.29) is 23.2 Å². The molecule has 3 amide bonds. The van der Waals surface area contributed by atoms with Crippen molar-refractivity contribution in [3.05, 3.63) is 39.4 Å². The number of hydrogen-bond acceptors (Lipinski definition) is 5. The zero-order chi connectivity index (χ0) is 15.4. The molecular weight excluding hydrogens is 266 g/mol. The van der Waals surface area contributed by atoms with E-state index in [1.54, 1.807) is 0 Å². The number of amides is 3. The van der Waals surface area contributed by atoms with E-state index in [2.05, 4.69) is 0 Å². The number of nitrogens with zero attached hydrogens (tertiary/aromatic N) is 2. The fourth-order valence-corrected chi connectivity index (χ4v) is 1.64. The number of nitrogens with two attached hydrogens (primary N) is 1. The first kappa shape index (κ1) is 15.3. The van der Waals surface area contributed by atoms with Crippen LogP contribution >= 0.6 is 0 Å². The van der Waals surface area contributed by atoms with Crippen LogP contribution in [-0.2, 0) is 9.59 Å². The summed E-state index contributed by atoms with van der Waals surface area (Å²) in [5.41, 5.74) is 4.89. The standard InChI is InChI=1S/C12H13N3O5/c1-7-9(4-3-5-10(7)15(19)20)12(18)14(6-16)8(2)11(13)17/h3-6,8H,1-2H3,(H2,13,17). The summed E-state index contributed by atoms with van der Waals surface area (Å²) in [6.07, 6.45) is 0.177. The minimum absolute atomic E-state index is 0.0283. The van der Waals surface area contributed by atoms with E-state index < -0.39 is 22.8 Å². The summed E-state index contributed by atoms with van der Waals surface area (Å²) in [5.74, 6) is -1.67. The lowest BCUT2D eigenvalue weighted by molar-refractivity contribution is -0.385. The Labute approximate surface area is 114 Å². The highest BCUT2D eigenvalue weighted by atomic mass is 16.6. The van der Waals surface area contributed by atoms with E-state index in [0.717, 1.165) is 0 Å². The van der Waals surface area contributed by atoms with Gasteiger partial charge in [0.05, 0.1) is 4.92 Å². The monoisotopic (exact) mass is 279 g/mol. The molecule has 0 saturated carbocycles. The van der Waals surface area contributed by atoms with Crippen LogP contribution in [0.5, 0.6) is 0 Å². The Bertz CT molecular complexity index is 584. The van der Waals surface area contributed by atoms with E-state index in [1.807, 2.05) is 0 Å². The second kappa shape index (κ2) is 5.91. The van der Waals surface area contributed by atoms with Gasteiger partial charge in [-0.05, 0) is 19.9 Å². The van der Waals surface area contributed by atoms with Gasteiger partial charge in [-0.3, -0.25) is 29.4 Å². The van der Waals surface area contributed by atoms with Crippen molar-refractivity contribution in [3.63, 3.8) is 0 Å². The molecule has 0 fully saturated rings. The molecule has 1 aromatic carbocycles. The quantitative estimate of drug-likeness (QED) is 0.474. The van der Waals surface area contributed by atoms with Crippen molar-refractivity contribution in [2.75, 3.05) is 0 Å². The molecule has 0 heterocycles. The van der Waals surface area contributed by atoms with Gasteiger partial charge in [0.15, 0.2) is 0 Å². The molecule has 0 radical (unpaired) electrons. The largest absolute Gasteiger partial charge is 0.368 e. The highest BCUT2D eigenvalue weighted by Gasteiger charge is 2.27. The second-order valence-corrected chi connectivity index (χ2v) is 4.10. The molecule has 106 valence electrons. The number of carbonyl (C=O) groups excluding carboxylic acids is 3. The van der Waals surface area contributed by atoms with Crippen LogP contribution in [0, 0.1) is 17.0 Å². The molecule has 0 aliphatic rings. The third-order valence-electron chi connectivity index (χ3n) is 2.91. The van der Waals surface area contributed by atoms with Crippen LogP contribution in [0.1, 0.15) is 22.8 Å². The molecule has 8 heteroatoms. The zero-order valence-corrected chi connectivity index (χ0v) is 10.9. The number of rotatable bonds is 5. The van der Waals surface area contributed by atoms with Gasteiger partial charge >= 0.3 is 0 Å². The molecule has 2 N–H and O–H groups in total. The lowest BCUT2D eigenvalue weighted by atomic mass is 10.0. The van der Waals surface area contributed by atoms with Crippen molar-refractivity contribution < 1.29 is 19.3 Å². The number of benzene rings is 1. The van der Waals surface area contributed by atoms with E-state index in [1.165, 1.54) is 32.0 Å². The van der Waals surface area contributed by atoms with Gasteiger partial charge in [0, 0.05) is 17.2 Å². The van der Waals surface area contributed by atoms with Crippen molar-refractivity contribution in [1.29, 1.82) is 0 Å². The van der Waals surface area contributed by atoms with Crippen LogP contribution in [0.15, 0.2) is 18.2 Å². The molecular formula is C12H13N3O5. The van der Waals surface area contributed by atoms with Gasteiger partial charge in [-0.25, -0.2) is 0 Å². The topological polar surface area (TPSA) is 124 Å². The van der Waals surface area contributed by atoms with Crippen LogP contribution in [0.25, 0.3) is 0 Å². The normalized spacial score (nSPS) is 11.5.